The first-order valence-electron chi connectivity index (χ1n) is 9.70. The quantitative estimate of drug-likeness (QED) is 0.852. The van der Waals surface area contributed by atoms with Crippen LogP contribution in [-0.2, 0) is 4.79 Å². The number of carbonyl (C=O) groups excluding carboxylic acids is 2. The molecule has 1 aliphatic heterocycles. The summed E-state index contributed by atoms with van der Waals surface area (Å²) in [5, 5.41) is 3.07. The third-order valence-electron chi connectivity index (χ3n) is 5.50. The largest absolute Gasteiger partial charge is 0.357 e. The number of nitrogens with zero attached hydrogens (tertiary/aromatic N) is 2. The predicted octanol–water partition coefficient (Wildman–Crippen LogP) is 2.11. The molecule has 2 N–H and O–H groups in total. The lowest BCUT2D eigenvalue weighted by Gasteiger charge is -2.37. The highest BCUT2D eigenvalue weighted by atomic mass is 16.2. The molecular formula is C21H26N4O2. The molecule has 0 radical (unpaired) electrons. The molecule has 1 aliphatic carbocycles. The molecule has 1 atom stereocenters. The maximum Gasteiger partial charge on any atom is 0.270 e. The molecule has 6 nitrogen and oxygen atoms in total. The standard InChI is InChI=1S/C21H26N4O2/c1-15(20(26)23-17-7-8-17)24-11-13-25(14-12-24)21(27)19-18(9-10-22-19)16-5-3-2-4-6-16/h2-6,9-10,15,17,22H,7-8,11-14H2,1H3,(H,23,26). The zero-order valence-electron chi connectivity index (χ0n) is 15.6. The molecule has 2 amide bonds. The van der Waals surface area contributed by atoms with E-state index >= 15 is 0 Å². The fraction of sp³-hybridized carbons (Fsp3) is 0.429. The van der Waals surface area contributed by atoms with Crippen molar-refractivity contribution in [2.75, 3.05) is 26.2 Å². The Kier molecular flexibility index (Phi) is 4.99. The Morgan fingerprint density at radius 1 is 1.07 bits per heavy atom. The van der Waals surface area contributed by atoms with Crippen LogP contribution in [0.4, 0.5) is 0 Å². The maximum absolute atomic E-state index is 13.0. The van der Waals surface area contributed by atoms with E-state index in [0.717, 1.165) is 24.0 Å². The number of rotatable bonds is 5. The average Bonchev–Trinajstić information content (AvgIpc) is 3.39. The van der Waals surface area contributed by atoms with Gasteiger partial charge >= 0.3 is 0 Å². The molecule has 0 bridgehead atoms. The Morgan fingerprint density at radius 2 is 1.78 bits per heavy atom. The molecule has 2 heterocycles. The van der Waals surface area contributed by atoms with Gasteiger partial charge in [0.05, 0.1) is 6.04 Å². The van der Waals surface area contributed by atoms with Gasteiger partial charge in [0.1, 0.15) is 5.69 Å². The van der Waals surface area contributed by atoms with Crippen molar-refractivity contribution in [2.45, 2.75) is 31.8 Å². The average molecular weight is 366 g/mol. The van der Waals surface area contributed by atoms with Gasteiger partial charge in [0, 0.05) is 44.0 Å². The number of nitrogens with one attached hydrogen (secondary N) is 2. The van der Waals surface area contributed by atoms with Crippen LogP contribution >= 0.6 is 0 Å². The Morgan fingerprint density at radius 3 is 2.44 bits per heavy atom. The van der Waals surface area contributed by atoms with E-state index in [2.05, 4.69) is 15.2 Å². The van der Waals surface area contributed by atoms with E-state index in [1.807, 2.05) is 54.4 Å². The van der Waals surface area contributed by atoms with Crippen molar-refractivity contribution in [3.8, 4) is 11.1 Å². The third-order valence-corrected chi connectivity index (χ3v) is 5.50. The van der Waals surface area contributed by atoms with E-state index < -0.39 is 0 Å². The second kappa shape index (κ2) is 7.56. The van der Waals surface area contributed by atoms with Crippen molar-refractivity contribution >= 4 is 11.8 Å². The van der Waals surface area contributed by atoms with E-state index in [4.69, 9.17) is 0 Å². The van der Waals surface area contributed by atoms with E-state index in [-0.39, 0.29) is 17.9 Å². The summed E-state index contributed by atoms with van der Waals surface area (Å²) in [5.74, 6) is 0.126. The Bertz CT molecular complexity index is 805. The lowest BCUT2D eigenvalue weighted by molar-refractivity contribution is -0.126. The number of hydrogen-bond donors (Lipinski definition) is 2. The Hall–Kier alpha value is -2.60. The predicted molar refractivity (Wildman–Crippen MR) is 104 cm³/mol. The minimum atomic E-state index is -0.145. The molecule has 2 aromatic rings. The number of carbonyl (C=O) groups is 2. The van der Waals surface area contributed by atoms with Crippen LogP contribution in [-0.4, -0.2) is 64.9 Å². The van der Waals surface area contributed by atoms with Crippen molar-refractivity contribution in [1.29, 1.82) is 0 Å². The molecular weight excluding hydrogens is 340 g/mol. The smallest absolute Gasteiger partial charge is 0.270 e. The first kappa shape index (κ1) is 17.8. The molecule has 2 fully saturated rings. The SMILES string of the molecule is CC(C(=O)NC1CC1)N1CCN(C(=O)c2[nH]ccc2-c2ccccc2)CC1. The Balaban J connectivity index is 1.38. The number of H-pyrrole nitrogens is 1. The highest BCUT2D eigenvalue weighted by Crippen LogP contribution is 2.24. The molecule has 1 saturated heterocycles. The number of benzene rings is 1. The monoisotopic (exact) mass is 366 g/mol. The minimum Gasteiger partial charge on any atom is -0.357 e. The van der Waals surface area contributed by atoms with Gasteiger partial charge in [-0.1, -0.05) is 30.3 Å². The number of hydrogen-bond acceptors (Lipinski definition) is 3. The van der Waals surface area contributed by atoms with Gasteiger partial charge in [-0.25, -0.2) is 0 Å². The maximum atomic E-state index is 13.0. The molecule has 1 unspecified atom stereocenters. The molecule has 27 heavy (non-hydrogen) atoms. The van der Waals surface area contributed by atoms with Crippen LogP contribution in [0.5, 0.6) is 0 Å². The molecule has 1 saturated carbocycles. The van der Waals surface area contributed by atoms with Crippen LogP contribution in [0.1, 0.15) is 30.3 Å². The highest BCUT2D eigenvalue weighted by molar-refractivity contribution is 5.99. The second-order valence-corrected chi connectivity index (χ2v) is 7.42. The van der Waals surface area contributed by atoms with Crippen LogP contribution in [0.15, 0.2) is 42.6 Å². The third kappa shape index (κ3) is 3.90. The molecule has 4 rings (SSSR count). The van der Waals surface area contributed by atoms with Crippen molar-refractivity contribution in [1.82, 2.24) is 20.1 Å². The second-order valence-electron chi connectivity index (χ2n) is 7.42. The summed E-state index contributed by atoms with van der Waals surface area (Å²) in [6.45, 7) is 4.65. The number of amides is 2. The van der Waals surface area contributed by atoms with Gasteiger partial charge in [-0.15, -0.1) is 0 Å². The lowest BCUT2D eigenvalue weighted by atomic mass is 10.1. The normalized spacial score (nSPS) is 18.9. The molecule has 1 aromatic carbocycles. The zero-order chi connectivity index (χ0) is 18.8. The summed E-state index contributed by atoms with van der Waals surface area (Å²) in [4.78, 5) is 32.4. The topological polar surface area (TPSA) is 68.4 Å². The Labute approximate surface area is 159 Å². The summed E-state index contributed by atoms with van der Waals surface area (Å²) in [7, 11) is 0. The van der Waals surface area contributed by atoms with E-state index in [1.165, 1.54) is 0 Å². The summed E-state index contributed by atoms with van der Waals surface area (Å²) in [6, 6.07) is 12.1. The molecule has 2 aliphatic rings. The van der Waals surface area contributed by atoms with Gasteiger partial charge in [-0.05, 0) is 31.4 Å². The van der Waals surface area contributed by atoms with Crippen LogP contribution < -0.4 is 5.32 Å². The van der Waals surface area contributed by atoms with Crippen molar-refractivity contribution in [3.63, 3.8) is 0 Å². The van der Waals surface area contributed by atoms with Crippen molar-refractivity contribution in [2.24, 2.45) is 0 Å². The first-order chi connectivity index (χ1) is 13.1. The molecule has 1 aromatic heterocycles. The summed E-state index contributed by atoms with van der Waals surface area (Å²) >= 11 is 0. The number of aromatic amines is 1. The summed E-state index contributed by atoms with van der Waals surface area (Å²) in [5.41, 5.74) is 2.60. The van der Waals surface area contributed by atoms with E-state index in [1.54, 1.807) is 0 Å². The van der Waals surface area contributed by atoms with Crippen molar-refractivity contribution in [3.05, 3.63) is 48.3 Å². The minimum absolute atomic E-state index is 0.0218. The van der Waals surface area contributed by atoms with Gasteiger partial charge in [0.15, 0.2) is 0 Å². The summed E-state index contributed by atoms with van der Waals surface area (Å²) < 4.78 is 0. The van der Waals surface area contributed by atoms with Gasteiger partial charge in [0.2, 0.25) is 5.91 Å². The van der Waals surface area contributed by atoms with Gasteiger partial charge in [0.25, 0.3) is 5.91 Å². The van der Waals surface area contributed by atoms with Crippen molar-refractivity contribution < 1.29 is 9.59 Å². The van der Waals surface area contributed by atoms with E-state index in [9.17, 15) is 9.59 Å². The summed E-state index contributed by atoms with van der Waals surface area (Å²) in [6.07, 6.45) is 4.01. The lowest BCUT2D eigenvalue weighted by Crippen LogP contribution is -2.55. The van der Waals surface area contributed by atoms with Crippen LogP contribution in [0.2, 0.25) is 0 Å². The van der Waals surface area contributed by atoms with E-state index in [0.29, 0.717) is 37.9 Å². The zero-order valence-corrected chi connectivity index (χ0v) is 15.6. The van der Waals surface area contributed by atoms with Crippen LogP contribution in [0, 0.1) is 0 Å². The van der Waals surface area contributed by atoms with Gasteiger partial charge < -0.3 is 15.2 Å². The molecule has 6 heteroatoms. The van der Waals surface area contributed by atoms with Gasteiger partial charge in [-0.3, -0.25) is 14.5 Å². The number of piperazine rings is 1. The van der Waals surface area contributed by atoms with Crippen LogP contribution in [0.25, 0.3) is 11.1 Å². The molecule has 142 valence electrons. The fourth-order valence-corrected chi connectivity index (χ4v) is 3.59. The van der Waals surface area contributed by atoms with Crippen LogP contribution in [0.3, 0.4) is 0 Å². The fourth-order valence-electron chi connectivity index (χ4n) is 3.59. The van der Waals surface area contributed by atoms with Gasteiger partial charge in [-0.2, -0.15) is 0 Å². The number of aromatic nitrogens is 1. The highest BCUT2D eigenvalue weighted by Gasteiger charge is 2.31. The molecule has 0 spiro atoms. The first-order valence-corrected chi connectivity index (χ1v) is 9.70.